The molecule has 0 saturated carbocycles. The highest BCUT2D eigenvalue weighted by atomic mass is 35.5. The number of carbonyl (C=O) groups is 1. The third kappa shape index (κ3) is 3.81. The number of aryl methyl sites for hydroxylation is 1. The van der Waals surface area contributed by atoms with E-state index in [-0.39, 0.29) is 12.1 Å². The van der Waals surface area contributed by atoms with Gasteiger partial charge in [-0.25, -0.2) is 10.4 Å². The first-order valence-electron chi connectivity index (χ1n) is 8.01. The van der Waals surface area contributed by atoms with Gasteiger partial charge in [-0.05, 0) is 43.7 Å². The second-order valence-electron chi connectivity index (χ2n) is 5.82. The van der Waals surface area contributed by atoms with Gasteiger partial charge >= 0.3 is 0 Å². The van der Waals surface area contributed by atoms with Crippen LogP contribution in [-0.4, -0.2) is 21.2 Å². The highest BCUT2D eigenvalue weighted by molar-refractivity contribution is 6.31. The van der Waals surface area contributed by atoms with Gasteiger partial charge in [0.1, 0.15) is 12.2 Å². The van der Waals surface area contributed by atoms with E-state index in [2.05, 4.69) is 15.5 Å². The molecule has 1 N–H and O–H groups in total. The van der Waals surface area contributed by atoms with Gasteiger partial charge in [-0.15, -0.1) is 0 Å². The highest BCUT2D eigenvalue weighted by Crippen LogP contribution is 2.11. The van der Waals surface area contributed by atoms with E-state index in [9.17, 15) is 9.59 Å². The molecule has 0 atom stereocenters. The molecule has 7 heteroatoms. The van der Waals surface area contributed by atoms with E-state index in [1.807, 2.05) is 18.2 Å². The number of halogens is 1. The van der Waals surface area contributed by atoms with Gasteiger partial charge in [-0.2, -0.15) is 5.10 Å². The molecule has 132 valence electrons. The molecular weight excluding hydrogens is 352 g/mol. The SMILES string of the molecule is C/C(=N/NC(=O)Cn1c(=O)c(C)nc2ccccc21)c1cccc(Cl)c1. The lowest BCUT2D eigenvalue weighted by molar-refractivity contribution is -0.121. The molecular formula is C19H17ClN4O2. The zero-order valence-corrected chi connectivity index (χ0v) is 15.1. The fourth-order valence-corrected chi connectivity index (χ4v) is 2.77. The molecule has 1 amide bonds. The smallest absolute Gasteiger partial charge is 0.272 e. The minimum Gasteiger partial charge on any atom is -0.296 e. The van der Waals surface area contributed by atoms with Gasteiger partial charge in [-0.3, -0.25) is 14.2 Å². The molecule has 3 aromatic rings. The van der Waals surface area contributed by atoms with Crippen molar-refractivity contribution in [2.75, 3.05) is 0 Å². The van der Waals surface area contributed by atoms with Crippen LogP contribution in [0.25, 0.3) is 11.0 Å². The molecule has 0 aliphatic rings. The van der Waals surface area contributed by atoms with Gasteiger partial charge in [-0.1, -0.05) is 35.9 Å². The van der Waals surface area contributed by atoms with E-state index in [0.717, 1.165) is 5.56 Å². The summed E-state index contributed by atoms with van der Waals surface area (Å²) in [6.45, 7) is 3.25. The number of amides is 1. The van der Waals surface area contributed by atoms with Gasteiger partial charge < -0.3 is 0 Å². The number of fused-ring (bicyclic) bond motifs is 1. The van der Waals surface area contributed by atoms with Crippen molar-refractivity contribution in [3.8, 4) is 0 Å². The van der Waals surface area contributed by atoms with Gasteiger partial charge in [0, 0.05) is 5.02 Å². The number of aromatic nitrogens is 2. The van der Waals surface area contributed by atoms with E-state index >= 15 is 0 Å². The molecule has 0 unspecified atom stereocenters. The second kappa shape index (κ2) is 7.49. The number of hydrazone groups is 1. The van der Waals surface area contributed by atoms with Gasteiger partial charge in [0.2, 0.25) is 0 Å². The van der Waals surface area contributed by atoms with Crippen molar-refractivity contribution in [2.24, 2.45) is 5.10 Å². The van der Waals surface area contributed by atoms with Crippen LogP contribution in [0.2, 0.25) is 5.02 Å². The van der Waals surface area contributed by atoms with Crippen molar-refractivity contribution in [2.45, 2.75) is 20.4 Å². The highest BCUT2D eigenvalue weighted by Gasteiger charge is 2.11. The van der Waals surface area contributed by atoms with Crippen LogP contribution in [0.3, 0.4) is 0 Å². The van der Waals surface area contributed by atoms with Crippen molar-refractivity contribution >= 4 is 34.3 Å². The summed E-state index contributed by atoms with van der Waals surface area (Å²) in [6, 6.07) is 14.4. The van der Waals surface area contributed by atoms with Gasteiger partial charge in [0.05, 0.1) is 16.7 Å². The lowest BCUT2D eigenvalue weighted by Crippen LogP contribution is -2.32. The number of benzene rings is 2. The molecule has 26 heavy (non-hydrogen) atoms. The fraction of sp³-hybridized carbons (Fsp3) is 0.158. The normalized spacial score (nSPS) is 11.6. The van der Waals surface area contributed by atoms with Crippen LogP contribution in [0.15, 0.2) is 58.4 Å². The van der Waals surface area contributed by atoms with Crippen LogP contribution >= 0.6 is 11.6 Å². The third-order valence-electron chi connectivity index (χ3n) is 3.91. The molecule has 0 aliphatic carbocycles. The minimum absolute atomic E-state index is 0.144. The average molecular weight is 369 g/mol. The van der Waals surface area contributed by atoms with E-state index in [1.54, 1.807) is 44.2 Å². The third-order valence-corrected chi connectivity index (χ3v) is 4.14. The average Bonchev–Trinajstić information content (AvgIpc) is 2.63. The first-order valence-corrected chi connectivity index (χ1v) is 8.39. The van der Waals surface area contributed by atoms with Gasteiger partial charge in [0.25, 0.3) is 11.5 Å². The van der Waals surface area contributed by atoms with E-state index in [1.165, 1.54) is 4.57 Å². The summed E-state index contributed by atoms with van der Waals surface area (Å²) in [4.78, 5) is 28.9. The monoisotopic (exact) mass is 368 g/mol. The predicted molar refractivity (Wildman–Crippen MR) is 103 cm³/mol. The number of hydrogen-bond donors (Lipinski definition) is 1. The summed E-state index contributed by atoms with van der Waals surface area (Å²) < 4.78 is 1.40. The van der Waals surface area contributed by atoms with Crippen molar-refractivity contribution < 1.29 is 4.79 Å². The van der Waals surface area contributed by atoms with Crippen LogP contribution in [0.5, 0.6) is 0 Å². The van der Waals surface area contributed by atoms with Gasteiger partial charge in [0.15, 0.2) is 0 Å². The Kier molecular flexibility index (Phi) is 5.14. The van der Waals surface area contributed by atoms with Crippen molar-refractivity contribution in [1.82, 2.24) is 15.0 Å². The quantitative estimate of drug-likeness (QED) is 0.568. The summed E-state index contributed by atoms with van der Waals surface area (Å²) in [6.07, 6.45) is 0. The van der Waals surface area contributed by atoms with Crippen LogP contribution in [-0.2, 0) is 11.3 Å². The number of para-hydroxylation sites is 2. The van der Waals surface area contributed by atoms with E-state index in [4.69, 9.17) is 11.6 Å². The summed E-state index contributed by atoms with van der Waals surface area (Å²) in [5, 5.41) is 4.68. The summed E-state index contributed by atoms with van der Waals surface area (Å²) >= 11 is 5.96. The maximum atomic E-state index is 12.4. The molecule has 0 fully saturated rings. The minimum atomic E-state index is -0.399. The topological polar surface area (TPSA) is 76.3 Å². The Hall–Kier alpha value is -2.99. The molecule has 2 aromatic carbocycles. The number of nitrogens with one attached hydrogen (secondary N) is 1. The Balaban J connectivity index is 1.83. The first-order chi connectivity index (χ1) is 12.5. The number of nitrogens with zero attached hydrogens (tertiary/aromatic N) is 3. The summed E-state index contributed by atoms with van der Waals surface area (Å²) in [7, 11) is 0. The number of carbonyl (C=O) groups excluding carboxylic acids is 1. The fourth-order valence-electron chi connectivity index (χ4n) is 2.58. The molecule has 1 heterocycles. The largest absolute Gasteiger partial charge is 0.296 e. The van der Waals surface area contributed by atoms with Crippen molar-refractivity contribution in [1.29, 1.82) is 0 Å². The zero-order valence-electron chi connectivity index (χ0n) is 14.4. The van der Waals surface area contributed by atoms with Crippen molar-refractivity contribution in [3.63, 3.8) is 0 Å². The molecule has 0 radical (unpaired) electrons. The zero-order chi connectivity index (χ0) is 18.7. The molecule has 0 saturated heterocycles. The second-order valence-corrected chi connectivity index (χ2v) is 6.26. The molecule has 0 spiro atoms. The van der Waals surface area contributed by atoms with Crippen molar-refractivity contribution in [3.05, 3.63) is 75.2 Å². The number of rotatable bonds is 4. The lowest BCUT2D eigenvalue weighted by atomic mass is 10.1. The van der Waals surface area contributed by atoms with E-state index in [0.29, 0.717) is 27.5 Å². The summed E-state index contributed by atoms with van der Waals surface area (Å²) in [5.41, 5.74) is 5.22. The van der Waals surface area contributed by atoms with Crippen LogP contribution in [0.1, 0.15) is 18.2 Å². The molecule has 3 rings (SSSR count). The Morgan fingerprint density at radius 1 is 1.23 bits per heavy atom. The number of hydrogen-bond acceptors (Lipinski definition) is 4. The maximum Gasteiger partial charge on any atom is 0.272 e. The Labute approximate surface area is 155 Å². The Morgan fingerprint density at radius 2 is 2.00 bits per heavy atom. The molecule has 1 aromatic heterocycles. The Bertz CT molecular complexity index is 1070. The lowest BCUT2D eigenvalue weighted by Gasteiger charge is -2.10. The van der Waals surface area contributed by atoms with Crippen LogP contribution in [0, 0.1) is 6.92 Å². The van der Waals surface area contributed by atoms with Crippen LogP contribution in [0.4, 0.5) is 0 Å². The Morgan fingerprint density at radius 3 is 2.77 bits per heavy atom. The molecule has 6 nitrogen and oxygen atoms in total. The summed E-state index contributed by atoms with van der Waals surface area (Å²) in [5.74, 6) is -0.399. The maximum absolute atomic E-state index is 12.4. The predicted octanol–water partition coefficient (Wildman–Crippen LogP) is 2.90. The van der Waals surface area contributed by atoms with Crippen LogP contribution < -0.4 is 11.0 Å². The molecule has 0 bridgehead atoms. The first kappa shape index (κ1) is 17.8. The standard InChI is InChI=1S/C19H17ClN4O2/c1-12(14-6-5-7-15(20)10-14)22-23-18(25)11-24-17-9-4-3-8-16(17)21-13(2)19(24)26/h3-10H,11H2,1-2H3,(H,23,25)/b22-12-. The molecule has 0 aliphatic heterocycles. The van der Waals surface area contributed by atoms with E-state index < -0.39 is 5.91 Å².